The molecule has 0 spiro atoms. The van der Waals surface area contributed by atoms with Gasteiger partial charge < -0.3 is 9.73 Å². The third-order valence-corrected chi connectivity index (χ3v) is 1.54. The predicted octanol–water partition coefficient (Wildman–Crippen LogP) is 1.31. The standard InChI is InChI=1S/C10H11NO2/c1-2-3-6-10(12)11-8-9-5-4-7-13-9/h1,4-5,7H,3,6,8H2,(H,11,12). The molecular weight excluding hydrogens is 166 g/mol. The zero-order valence-corrected chi connectivity index (χ0v) is 7.25. The minimum atomic E-state index is -0.0469. The molecule has 1 N–H and O–H groups in total. The van der Waals surface area contributed by atoms with Crippen molar-refractivity contribution in [1.29, 1.82) is 0 Å². The van der Waals surface area contributed by atoms with Gasteiger partial charge in [0.05, 0.1) is 12.8 Å². The highest BCUT2D eigenvalue weighted by atomic mass is 16.3. The van der Waals surface area contributed by atoms with Crippen LogP contribution in [-0.2, 0) is 11.3 Å². The fourth-order valence-corrected chi connectivity index (χ4v) is 0.873. The maximum absolute atomic E-state index is 11.0. The summed E-state index contributed by atoms with van der Waals surface area (Å²) >= 11 is 0. The molecule has 0 saturated carbocycles. The van der Waals surface area contributed by atoms with Gasteiger partial charge in [-0.2, -0.15) is 0 Å². The smallest absolute Gasteiger partial charge is 0.221 e. The fraction of sp³-hybridized carbons (Fsp3) is 0.300. The normalized spacial score (nSPS) is 9.15. The molecule has 3 heteroatoms. The molecule has 0 unspecified atom stereocenters. The SMILES string of the molecule is C#CCCC(=O)NCc1ccco1. The van der Waals surface area contributed by atoms with Crippen molar-refractivity contribution in [2.75, 3.05) is 0 Å². The zero-order chi connectivity index (χ0) is 9.52. The molecule has 1 aromatic rings. The third kappa shape index (κ3) is 3.48. The number of hydrogen-bond acceptors (Lipinski definition) is 2. The van der Waals surface area contributed by atoms with E-state index in [-0.39, 0.29) is 5.91 Å². The van der Waals surface area contributed by atoms with E-state index in [0.29, 0.717) is 19.4 Å². The molecule has 13 heavy (non-hydrogen) atoms. The molecule has 1 heterocycles. The molecule has 1 aromatic heterocycles. The van der Waals surface area contributed by atoms with E-state index in [1.165, 1.54) is 0 Å². The topological polar surface area (TPSA) is 42.2 Å². The van der Waals surface area contributed by atoms with Crippen molar-refractivity contribution in [3.63, 3.8) is 0 Å². The van der Waals surface area contributed by atoms with Crippen LogP contribution in [0.25, 0.3) is 0 Å². The van der Waals surface area contributed by atoms with Gasteiger partial charge >= 0.3 is 0 Å². The van der Waals surface area contributed by atoms with Crippen molar-refractivity contribution < 1.29 is 9.21 Å². The zero-order valence-electron chi connectivity index (χ0n) is 7.25. The molecule has 0 saturated heterocycles. The van der Waals surface area contributed by atoms with E-state index in [9.17, 15) is 4.79 Å². The number of amides is 1. The van der Waals surface area contributed by atoms with Crippen molar-refractivity contribution >= 4 is 5.91 Å². The Labute approximate surface area is 77.1 Å². The van der Waals surface area contributed by atoms with E-state index in [2.05, 4.69) is 11.2 Å². The first-order chi connectivity index (χ1) is 6.33. The summed E-state index contributed by atoms with van der Waals surface area (Å²) in [6.07, 6.45) is 7.44. The van der Waals surface area contributed by atoms with Crippen LogP contribution < -0.4 is 5.32 Å². The van der Waals surface area contributed by atoms with Gasteiger partial charge in [-0.1, -0.05) is 0 Å². The van der Waals surface area contributed by atoms with E-state index in [1.54, 1.807) is 12.3 Å². The van der Waals surface area contributed by atoms with E-state index in [0.717, 1.165) is 5.76 Å². The number of carbonyl (C=O) groups is 1. The summed E-state index contributed by atoms with van der Waals surface area (Å²) in [4.78, 5) is 11.0. The number of hydrogen-bond donors (Lipinski definition) is 1. The van der Waals surface area contributed by atoms with Crippen LogP contribution in [0.1, 0.15) is 18.6 Å². The molecule has 68 valence electrons. The second-order valence-electron chi connectivity index (χ2n) is 2.56. The quantitative estimate of drug-likeness (QED) is 0.704. The van der Waals surface area contributed by atoms with Gasteiger partial charge in [0.2, 0.25) is 5.91 Å². The van der Waals surface area contributed by atoms with E-state index >= 15 is 0 Å². The van der Waals surface area contributed by atoms with Crippen LogP contribution in [0.2, 0.25) is 0 Å². The van der Waals surface area contributed by atoms with Crippen LogP contribution in [0.15, 0.2) is 22.8 Å². The van der Waals surface area contributed by atoms with Gasteiger partial charge in [-0.25, -0.2) is 0 Å². The van der Waals surface area contributed by atoms with Crippen molar-refractivity contribution in [2.45, 2.75) is 19.4 Å². The highest BCUT2D eigenvalue weighted by molar-refractivity contribution is 5.76. The molecular formula is C10H11NO2. The number of nitrogens with one attached hydrogen (secondary N) is 1. The van der Waals surface area contributed by atoms with Gasteiger partial charge in [-0.3, -0.25) is 4.79 Å². The maximum Gasteiger partial charge on any atom is 0.221 e. The lowest BCUT2D eigenvalue weighted by atomic mass is 10.3. The monoisotopic (exact) mass is 177 g/mol. The van der Waals surface area contributed by atoms with E-state index in [1.807, 2.05) is 6.07 Å². The lowest BCUT2D eigenvalue weighted by Crippen LogP contribution is -2.21. The van der Waals surface area contributed by atoms with Crippen LogP contribution >= 0.6 is 0 Å². The van der Waals surface area contributed by atoms with Gasteiger partial charge in [0.1, 0.15) is 5.76 Å². The molecule has 1 rings (SSSR count). The minimum absolute atomic E-state index is 0.0469. The van der Waals surface area contributed by atoms with Crippen LogP contribution in [0.3, 0.4) is 0 Å². The Hall–Kier alpha value is -1.69. The lowest BCUT2D eigenvalue weighted by Gasteiger charge is -2.00. The fourth-order valence-electron chi connectivity index (χ4n) is 0.873. The maximum atomic E-state index is 11.0. The van der Waals surface area contributed by atoms with Crippen LogP contribution in [0.4, 0.5) is 0 Å². The highest BCUT2D eigenvalue weighted by Crippen LogP contribution is 1.98. The lowest BCUT2D eigenvalue weighted by molar-refractivity contribution is -0.121. The molecule has 1 amide bonds. The summed E-state index contributed by atoms with van der Waals surface area (Å²) in [5.41, 5.74) is 0. The number of carbonyl (C=O) groups excluding carboxylic acids is 1. The summed E-state index contributed by atoms with van der Waals surface area (Å²) in [5, 5.41) is 2.69. The minimum Gasteiger partial charge on any atom is -0.467 e. The molecule has 0 fully saturated rings. The molecule has 0 aliphatic rings. The van der Waals surface area contributed by atoms with E-state index < -0.39 is 0 Å². The summed E-state index contributed by atoms with van der Waals surface area (Å²) in [6.45, 7) is 0.427. The second kappa shape index (κ2) is 5.04. The van der Waals surface area contributed by atoms with E-state index in [4.69, 9.17) is 10.8 Å². The van der Waals surface area contributed by atoms with Crippen molar-refractivity contribution in [2.24, 2.45) is 0 Å². The van der Waals surface area contributed by atoms with Gasteiger partial charge in [-0.05, 0) is 12.1 Å². The Morgan fingerprint density at radius 3 is 3.15 bits per heavy atom. The summed E-state index contributed by atoms with van der Waals surface area (Å²) in [6, 6.07) is 3.59. The number of furan rings is 1. The average Bonchev–Trinajstić information content (AvgIpc) is 2.64. The van der Waals surface area contributed by atoms with Crippen LogP contribution in [0, 0.1) is 12.3 Å². The van der Waals surface area contributed by atoms with Gasteiger partial charge in [0.25, 0.3) is 0 Å². The highest BCUT2D eigenvalue weighted by Gasteiger charge is 2.00. The van der Waals surface area contributed by atoms with Gasteiger partial charge in [0.15, 0.2) is 0 Å². The Morgan fingerprint density at radius 1 is 1.69 bits per heavy atom. The Bertz CT molecular complexity index is 295. The average molecular weight is 177 g/mol. The molecule has 0 aromatic carbocycles. The second-order valence-corrected chi connectivity index (χ2v) is 2.56. The van der Waals surface area contributed by atoms with Crippen LogP contribution in [0.5, 0.6) is 0 Å². The molecule has 0 radical (unpaired) electrons. The van der Waals surface area contributed by atoms with Crippen LogP contribution in [-0.4, -0.2) is 5.91 Å². The molecule has 0 bridgehead atoms. The first kappa shape index (κ1) is 9.40. The Kier molecular flexibility index (Phi) is 3.65. The largest absolute Gasteiger partial charge is 0.467 e. The Balaban J connectivity index is 2.20. The first-order valence-electron chi connectivity index (χ1n) is 4.05. The van der Waals surface area contributed by atoms with Crippen molar-refractivity contribution in [3.05, 3.63) is 24.2 Å². The molecule has 0 aliphatic heterocycles. The summed E-state index contributed by atoms with van der Waals surface area (Å²) in [5.74, 6) is 3.11. The Morgan fingerprint density at radius 2 is 2.54 bits per heavy atom. The number of terminal acetylenes is 1. The number of rotatable bonds is 4. The predicted molar refractivity (Wildman–Crippen MR) is 48.6 cm³/mol. The van der Waals surface area contributed by atoms with Crippen molar-refractivity contribution in [1.82, 2.24) is 5.32 Å². The first-order valence-corrected chi connectivity index (χ1v) is 4.05. The molecule has 0 aliphatic carbocycles. The molecule has 0 atom stereocenters. The third-order valence-electron chi connectivity index (χ3n) is 1.54. The summed E-state index contributed by atoms with van der Waals surface area (Å²) in [7, 11) is 0. The van der Waals surface area contributed by atoms with Gasteiger partial charge in [-0.15, -0.1) is 12.3 Å². The summed E-state index contributed by atoms with van der Waals surface area (Å²) < 4.78 is 5.03. The van der Waals surface area contributed by atoms with Gasteiger partial charge in [0, 0.05) is 12.8 Å². The van der Waals surface area contributed by atoms with Crippen molar-refractivity contribution in [3.8, 4) is 12.3 Å². The molecule has 3 nitrogen and oxygen atoms in total.